The van der Waals surface area contributed by atoms with Gasteiger partial charge >= 0.3 is 0 Å². The first-order chi connectivity index (χ1) is 15.7. The third-order valence-electron chi connectivity index (χ3n) is 6.45. The predicted octanol–water partition coefficient (Wildman–Crippen LogP) is 3.77. The second-order valence-electron chi connectivity index (χ2n) is 8.57. The topological polar surface area (TPSA) is 52.7 Å². The highest BCUT2D eigenvalue weighted by Crippen LogP contribution is 2.37. The van der Waals surface area contributed by atoms with E-state index in [-0.39, 0.29) is 17.9 Å². The summed E-state index contributed by atoms with van der Waals surface area (Å²) in [5.74, 6) is -0.152. The smallest absolute Gasteiger partial charge is 0.255 e. The number of nitrogens with one attached hydrogen (secondary N) is 1. The van der Waals surface area contributed by atoms with Crippen LogP contribution < -0.4 is 5.32 Å². The number of nitrogens with zero attached hydrogens (tertiary/aromatic N) is 2. The van der Waals surface area contributed by atoms with Crippen molar-refractivity contribution < 1.29 is 9.59 Å². The van der Waals surface area contributed by atoms with Gasteiger partial charge in [-0.05, 0) is 29.2 Å². The van der Waals surface area contributed by atoms with E-state index in [1.807, 2.05) is 65.6 Å². The van der Waals surface area contributed by atoms with Crippen molar-refractivity contribution in [1.82, 2.24) is 15.1 Å². The van der Waals surface area contributed by atoms with Crippen molar-refractivity contribution in [2.24, 2.45) is 0 Å². The lowest BCUT2D eigenvalue weighted by molar-refractivity contribution is -0.126. The van der Waals surface area contributed by atoms with Crippen LogP contribution in [0.2, 0.25) is 0 Å². The molecule has 2 atom stereocenters. The number of carbonyl (C=O) groups is 2. The minimum Gasteiger partial charge on any atom is -0.350 e. The molecule has 3 aromatic carbocycles. The Kier molecular flexibility index (Phi) is 5.73. The van der Waals surface area contributed by atoms with Crippen molar-refractivity contribution in [3.63, 3.8) is 0 Å². The number of hydrogen-bond donors (Lipinski definition) is 1. The van der Waals surface area contributed by atoms with E-state index in [2.05, 4.69) is 34.5 Å². The molecule has 3 aromatic rings. The normalized spacial score (nSPS) is 20.4. The molecule has 5 heteroatoms. The zero-order valence-electron chi connectivity index (χ0n) is 18.0. The molecule has 5 nitrogen and oxygen atoms in total. The fraction of sp³-hybridized carbons (Fsp3) is 0.259. The van der Waals surface area contributed by atoms with Gasteiger partial charge in [0.15, 0.2) is 0 Å². The SMILES string of the molecule is O=C(NCc1ccccc1)C1c2ccccc2C(=O)N1C1CCN(Cc2ccccc2)C1. The van der Waals surface area contributed by atoms with Crippen LogP contribution in [0.1, 0.15) is 39.5 Å². The second-order valence-corrected chi connectivity index (χ2v) is 8.57. The average molecular weight is 426 g/mol. The van der Waals surface area contributed by atoms with E-state index in [0.29, 0.717) is 12.1 Å². The molecule has 1 saturated heterocycles. The van der Waals surface area contributed by atoms with Crippen LogP contribution in [0.15, 0.2) is 84.9 Å². The Morgan fingerprint density at radius 1 is 0.875 bits per heavy atom. The molecule has 2 heterocycles. The van der Waals surface area contributed by atoms with E-state index in [4.69, 9.17) is 0 Å². The highest BCUT2D eigenvalue weighted by atomic mass is 16.2. The molecule has 2 unspecified atom stereocenters. The van der Waals surface area contributed by atoms with Crippen LogP contribution in [0.5, 0.6) is 0 Å². The third-order valence-corrected chi connectivity index (χ3v) is 6.45. The Balaban J connectivity index is 1.34. The first-order valence-electron chi connectivity index (χ1n) is 11.2. The van der Waals surface area contributed by atoms with Crippen molar-refractivity contribution in [2.75, 3.05) is 13.1 Å². The molecule has 0 aliphatic carbocycles. The Bertz CT molecular complexity index is 1100. The van der Waals surface area contributed by atoms with E-state index < -0.39 is 6.04 Å². The maximum absolute atomic E-state index is 13.4. The number of hydrogen-bond acceptors (Lipinski definition) is 3. The molecule has 2 amide bonds. The summed E-state index contributed by atoms with van der Waals surface area (Å²) in [5, 5.41) is 3.06. The standard InChI is InChI=1S/C27H27N3O2/c31-26(28-17-20-9-3-1-4-10-20)25-23-13-7-8-14-24(23)27(32)30(25)22-15-16-29(19-22)18-21-11-5-2-6-12-21/h1-14,22,25H,15-19H2,(H,28,31). The quantitative estimate of drug-likeness (QED) is 0.654. The van der Waals surface area contributed by atoms with Crippen molar-refractivity contribution in [3.8, 4) is 0 Å². The van der Waals surface area contributed by atoms with Gasteiger partial charge in [0.2, 0.25) is 5.91 Å². The van der Waals surface area contributed by atoms with Crippen LogP contribution >= 0.6 is 0 Å². The van der Waals surface area contributed by atoms with Crippen molar-refractivity contribution in [1.29, 1.82) is 0 Å². The molecule has 32 heavy (non-hydrogen) atoms. The van der Waals surface area contributed by atoms with Gasteiger partial charge in [-0.25, -0.2) is 0 Å². The van der Waals surface area contributed by atoms with Crippen LogP contribution in [0.4, 0.5) is 0 Å². The van der Waals surface area contributed by atoms with Gasteiger partial charge < -0.3 is 10.2 Å². The molecular weight excluding hydrogens is 398 g/mol. The lowest BCUT2D eigenvalue weighted by atomic mass is 10.0. The summed E-state index contributed by atoms with van der Waals surface area (Å²) in [6, 6.07) is 27.2. The molecule has 1 fully saturated rings. The molecule has 0 aromatic heterocycles. The highest BCUT2D eigenvalue weighted by molar-refractivity contribution is 6.04. The zero-order valence-corrected chi connectivity index (χ0v) is 18.0. The van der Waals surface area contributed by atoms with E-state index in [9.17, 15) is 9.59 Å². The first kappa shape index (κ1) is 20.5. The Labute approximate surface area is 188 Å². The maximum atomic E-state index is 13.4. The molecule has 1 N–H and O–H groups in total. The fourth-order valence-corrected chi connectivity index (χ4v) is 4.89. The van der Waals surface area contributed by atoms with Crippen molar-refractivity contribution in [2.45, 2.75) is 31.6 Å². The summed E-state index contributed by atoms with van der Waals surface area (Å²) in [6.07, 6.45) is 0.870. The minimum atomic E-state index is -0.580. The molecule has 2 aliphatic rings. The van der Waals surface area contributed by atoms with Crippen LogP contribution in [-0.2, 0) is 17.9 Å². The largest absolute Gasteiger partial charge is 0.350 e. The third kappa shape index (κ3) is 4.04. The molecule has 162 valence electrons. The van der Waals surface area contributed by atoms with Gasteiger partial charge in [0.1, 0.15) is 6.04 Å². The van der Waals surface area contributed by atoms with Gasteiger partial charge in [-0.1, -0.05) is 78.9 Å². The second kappa shape index (κ2) is 8.97. The molecule has 0 bridgehead atoms. The van der Waals surface area contributed by atoms with Gasteiger partial charge in [0.25, 0.3) is 5.91 Å². The number of likely N-dealkylation sites (tertiary alicyclic amines) is 1. The van der Waals surface area contributed by atoms with Crippen LogP contribution in [0, 0.1) is 0 Å². The Hall–Kier alpha value is -3.44. The average Bonchev–Trinajstić information content (AvgIpc) is 3.41. The summed E-state index contributed by atoms with van der Waals surface area (Å²) >= 11 is 0. The molecule has 0 saturated carbocycles. The van der Waals surface area contributed by atoms with Gasteiger partial charge in [0.05, 0.1) is 0 Å². The van der Waals surface area contributed by atoms with Crippen molar-refractivity contribution in [3.05, 3.63) is 107 Å². The molecular formula is C27H27N3O2. The van der Waals surface area contributed by atoms with Crippen molar-refractivity contribution >= 4 is 11.8 Å². The van der Waals surface area contributed by atoms with E-state index in [1.54, 1.807) is 0 Å². The summed E-state index contributed by atoms with van der Waals surface area (Å²) in [6.45, 7) is 3.00. The lowest BCUT2D eigenvalue weighted by Crippen LogP contribution is -2.45. The lowest BCUT2D eigenvalue weighted by Gasteiger charge is -2.30. The molecule has 2 aliphatic heterocycles. The predicted molar refractivity (Wildman–Crippen MR) is 124 cm³/mol. The fourth-order valence-electron chi connectivity index (χ4n) is 4.89. The summed E-state index contributed by atoms with van der Waals surface area (Å²) in [5.41, 5.74) is 3.76. The Morgan fingerprint density at radius 3 is 2.28 bits per heavy atom. The summed E-state index contributed by atoms with van der Waals surface area (Å²) < 4.78 is 0. The molecule has 5 rings (SSSR count). The molecule has 0 spiro atoms. The Morgan fingerprint density at radius 2 is 1.53 bits per heavy atom. The van der Waals surface area contributed by atoms with Gasteiger partial charge in [-0.3, -0.25) is 14.5 Å². The monoisotopic (exact) mass is 425 g/mol. The number of fused-ring (bicyclic) bond motifs is 1. The number of carbonyl (C=O) groups excluding carboxylic acids is 2. The molecule has 0 radical (unpaired) electrons. The zero-order chi connectivity index (χ0) is 21.9. The first-order valence-corrected chi connectivity index (χ1v) is 11.2. The summed E-state index contributed by atoms with van der Waals surface area (Å²) in [7, 11) is 0. The minimum absolute atomic E-state index is 0.0195. The number of benzene rings is 3. The highest BCUT2D eigenvalue weighted by Gasteiger charge is 2.45. The summed E-state index contributed by atoms with van der Waals surface area (Å²) in [4.78, 5) is 30.9. The van der Waals surface area contributed by atoms with Crippen LogP contribution in [0.3, 0.4) is 0 Å². The van der Waals surface area contributed by atoms with Gasteiger partial charge in [-0.2, -0.15) is 0 Å². The van der Waals surface area contributed by atoms with E-state index in [0.717, 1.165) is 37.2 Å². The van der Waals surface area contributed by atoms with Crippen LogP contribution in [-0.4, -0.2) is 40.7 Å². The van der Waals surface area contributed by atoms with Crippen LogP contribution in [0.25, 0.3) is 0 Å². The number of rotatable bonds is 6. The van der Waals surface area contributed by atoms with E-state index in [1.165, 1.54) is 5.56 Å². The van der Waals surface area contributed by atoms with Gasteiger partial charge in [0, 0.05) is 37.8 Å². The maximum Gasteiger partial charge on any atom is 0.255 e. The number of amides is 2. The van der Waals surface area contributed by atoms with E-state index >= 15 is 0 Å². The van der Waals surface area contributed by atoms with Gasteiger partial charge in [-0.15, -0.1) is 0 Å².